The molecule has 1 unspecified atom stereocenters. The van der Waals surface area contributed by atoms with Gasteiger partial charge in [0.15, 0.2) is 0 Å². The van der Waals surface area contributed by atoms with Gasteiger partial charge in [-0.25, -0.2) is 0 Å². The summed E-state index contributed by atoms with van der Waals surface area (Å²) < 4.78 is 0. The summed E-state index contributed by atoms with van der Waals surface area (Å²) in [6, 6.07) is 11.2. The summed E-state index contributed by atoms with van der Waals surface area (Å²) in [6.45, 7) is 6.91. The quantitative estimate of drug-likeness (QED) is 0.710. The SMILES string of the molecule is CCCNCC(CC)(c1ccccc1)C1CCCC1. The molecule has 0 bridgehead atoms. The Kier molecular flexibility index (Phi) is 5.45. The molecule has 1 N–H and O–H groups in total. The summed E-state index contributed by atoms with van der Waals surface area (Å²) in [4.78, 5) is 0. The Morgan fingerprint density at radius 2 is 1.79 bits per heavy atom. The number of rotatable bonds is 7. The van der Waals surface area contributed by atoms with Gasteiger partial charge in [0.25, 0.3) is 0 Å². The summed E-state index contributed by atoms with van der Waals surface area (Å²) in [5.41, 5.74) is 1.90. The Bertz CT molecular complexity index is 353. The first-order valence-electron chi connectivity index (χ1n) is 8.09. The lowest BCUT2D eigenvalue weighted by atomic mass is 9.67. The van der Waals surface area contributed by atoms with Crippen LogP contribution in [-0.2, 0) is 5.41 Å². The van der Waals surface area contributed by atoms with Gasteiger partial charge in [0, 0.05) is 12.0 Å². The molecular weight excluding hydrogens is 230 g/mol. The molecule has 1 aromatic rings. The minimum atomic E-state index is 0.354. The maximum atomic E-state index is 3.70. The Morgan fingerprint density at radius 3 is 2.37 bits per heavy atom. The van der Waals surface area contributed by atoms with Crippen LogP contribution in [0.25, 0.3) is 0 Å². The molecule has 0 saturated heterocycles. The highest BCUT2D eigenvalue weighted by atomic mass is 14.9. The average molecular weight is 259 g/mol. The third-order valence-electron chi connectivity index (χ3n) is 4.98. The normalized spacial score (nSPS) is 19.5. The van der Waals surface area contributed by atoms with Crippen molar-refractivity contribution in [3.63, 3.8) is 0 Å². The Labute approximate surface area is 118 Å². The van der Waals surface area contributed by atoms with Crippen molar-refractivity contribution in [1.29, 1.82) is 0 Å². The van der Waals surface area contributed by atoms with E-state index in [1.807, 2.05) is 0 Å². The lowest BCUT2D eigenvalue weighted by Crippen LogP contribution is -2.43. The molecule has 1 aromatic carbocycles. The second-order valence-corrected chi connectivity index (χ2v) is 6.03. The molecule has 1 saturated carbocycles. The van der Waals surface area contributed by atoms with Gasteiger partial charge in [-0.2, -0.15) is 0 Å². The molecule has 0 heterocycles. The molecule has 1 aliphatic rings. The largest absolute Gasteiger partial charge is 0.316 e. The third-order valence-corrected chi connectivity index (χ3v) is 4.98. The number of hydrogen-bond acceptors (Lipinski definition) is 1. The van der Waals surface area contributed by atoms with Crippen molar-refractivity contribution in [2.75, 3.05) is 13.1 Å². The van der Waals surface area contributed by atoms with Crippen LogP contribution in [0.1, 0.15) is 57.9 Å². The van der Waals surface area contributed by atoms with Gasteiger partial charge in [0.1, 0.15) is 0 Å². The van der Waals surface area contributed by atoms with Gasteiger partial charge in [0.2, 0.25) is 0 Å². The van der Waals surface area contributed by atoms with Crippen LogP contribution in [0.5, 0.6) is 0 Å². The number of benzene rings is 1. The van der Waals surface area contributed by atoms with Gasteiger partial charge < -0.3 is 5.32 Å². The first kappa shape index (κ1) is 14.6. The summed E-state index contributed by atoms with van der Waals surface area (Å²) in [6.07, 6.45) is 8.14. The minimum absolute atomic E-state index is 0.354. The molecule has 0 amide bonds. The number of nitrogens with one attached hydrogen (secondary N) is 1. The second kappa shape index (κ2) is 7.09. The predicted octanol–water partition coefficient (Wildman–Crippen LogP) is 4.52. The van der Waals surface area contributed by atoms with E-state index in [0.29, 0.717) is 5.41 Å². The van der Waals surface area contributed by atoms with E-state index in [1.54, 1.807) is 5.56 Å². The summed E-state index contributed by atoms with van der Waals surface area (Å²) in [5.74, 6) is 0.865. The average Bonchev–Trinajstić information content (AvgIpc) is 3.00. The van der Waals surface area contributed by atoms with Gasteiger partial charge in [-0.1, -0.05) is 57.0 Å². The molecule has 0 aliphatic heterocycles. The van der Waals surface area contributed by atoms with Gasteiger partial charge in [0.05, 0.1) is 0 Å². The van der Waals surface area contributed by atoms with Crippen molar-refractivity contribution < 1.29 is 0 Å². The van der Waals surface area contributed by atoms with Gasteiger partial charge in [-0.15, -0.1) is 0 Å². The van der Waals surface area contributed by atoms with Crippen molar-refractivity contribution in [2.24, 2.45) is 5.92 Å². The second-order valence-electron chi connectivity index (χ2n) is 6.03. The fourth-order valence-corrected chi connectivity index (χ4v) is 3.84. The molecule has 106 valence electrons. The van der Waals surface area contributed by atoms with Crippen molar-refractivity contribution in [3.8, 4) is 0 Å². The van der Waals surface area contributed by atoms with Crippen molar-refractivity contribution in [1.82, 2.24) is 5.32 Å². The van der Waals surface area contributed by atoms with E-state index in [9.17, 15) is 0 Å². The lowest BCUT2D eigenvalue weighted by Gasteiger charge is -2.39. The Hall–Kier alpha value is -0.820. The van der Waals surface area contributed by atoms with E-state index in [1.165, 1.54) is 38.5 Å². The molecule has 0 spiro atoms. The van der Waals surface area contributed by atoms with Crippen molar-refractivity contribution >= 4 is 0 Å². The van der Waals surface area contributed by atoms with Crippen LogP contribution in [0.2, 0.25) is 0 Å². The molecular formula is C18H29N. The fraction of sp³-hybridized carbons (Fsp3) is 0.667. The molecule has 19 heavy (non-hydrogen) atoms. The summed E-state index contributed by atoms with van der Waals surface area (Å²) in [5, 5.41) is 3.70. The van der Waals surface area contributed by atoms with Crippen LogP contribution in [0.4, 0.5) is 0 Å². The van der Waals surface area contributed by atoms with Gasteiger partial charge >= 0.3 is 0 Å². The zero-order valence-corrected chi connectivity index (χ0v) is 12.6. The van der Waals surface area contributed by atoms with E-state index < -0.39 is 0 Å². The molecule has 1 aliphatic carbocycles. The first-order valence-corrected chi connectivity index (χ1v) is 8.09. The molecule has 1 heteroatoms. The first-order chi connectivity index (χ1) is 9.33. The summed E-state index contributed by atoms with van der Waals surface area (Å²) in [7, 11) is 0. The topological polar surface area (TPSA) is 12.0 Å². The zero-order valence-electron chi connectivity index (χ0n) is 12.6. The van der Waals surface area contributed by atoms with Crippen LogP contribution >= 0.6 is 0 Å². The third kappa shape index (κ3) is 3.20. The number of hydrogen-bond donors (Lipinski definition) is 1. The standard InChI is InChI=1S/C18H29N/c1-3-14-19-15-18(4-2,17-12-8-9-13-17)16-10-6-5-7-11-16/h5-7,10-11,17,19H,3-4,8-9,12-15H2,1-2H3. The van der Waals surface area contributed by atoms with Gasteiger partial charge in [-0.3, -0.25) is 0 Å². The Balaban J connectivity index is 2.24. The molecule has 1 fully saturated rings. The molecule has 1 nitrogen and oxygen atoms in total. The van der Waals surface area contributed by atoms with E-state index in [4.69, 9.17) is 0 Å². The van der Waals surface area contributed by atoms with Crippen LogP contribution in [0.15, 0.2) is 30.3 Å². The van der Waals surface area contributed by atoms with Crippen molar-refractivity contribution in [3.05, 3.63) is 35.9 Å². The monoisotopic (exact) mass is 259 g/mol. The highest BCUT2D eigenvalue weighted by molar-refractivity contribution is 5.27. The van der Waals surface area contributed by atoms with Crippen LogP contribution in [0, 0.1) is 5.92 Å². The predicted molar refractivity (Wildman–Crippen MR) is 83.5 cm³/mol. The Morgan fingerprint density at radius 1 is 1.11 bits per heavy atom. The van der Waals surface area contributed by atoms with Crippen LogP contribution in [-0.4, -0.2) is 13.1 Å². The van der Waals surface area contributed by atoms with Crippen molar-refractivity contribution in [2.45, 2.75) is 57.8 Å². The lowest BCUT2D eigenvalue weighted by molar-refractivity contribution is 0.249. The maximum absolute atomic E-state index is 3.70. The molecule has 0 radical (unpaired) electrons. The van der Waals surface area contributed by atoms with E-state index in [0.717, 1.165) is 19.0 Å². The highest BCUT2D eigenvalue weighted by Crippen LogP contribution is 2.44. The smallest absolute Gasteiger partial charge is 0.0103 e. The zero-order chi connectivity index (χ0) is 13.6. The minimum Gasteiger partial charge on any atom is -0.316 e. The van der Waals surface area contributed by atoms with E-state index >= 15 is 0 Å². The molecule has 2 rings (SSSR count). The van der Waals surface area contributed by atoms with Crippen LogP contribution in [0.3, 0.4) is 0 Å². The van der Waals surface area contributed by atoms with E-state index in [2.05, 4.69) is 49.5 Å². The molecule has 0 aromatic heterocycles. The molecule has 1 atom stereocenters. The summed E-state index contributed by atoms with van der Waals surface area (Å²) >= 11 is 0. The maximum Gasteiger partial charge on any atom is 0.0103 e. The van der Waals surface area contributed by atoms with Crippen LogP contribution < -0.4 is 5.32 Å². The van der Waals surface area contributed by atoms with E-state index in [-0.39, 0.29) is 0 Å². The highest BCUT2D eigenvalue weighted by Gasteiger charge is 2.39. The fourth-order valence-electron chi connectivity index (χ4n) is 3.84. The van der Waals surface area contributed by atoms with Gasteiger partial charge in [-0.05, 0) is 43.7 Å².